The number of carboxylic acids is 1. The Bertz CT molecular complexity index is 615. The Kier molecular flexibility index (Phi) is 5.14. The second-order valence-electron chi connectivity index (χ2n) is 4.35. The van der Waals surface area contributed by atoms with Gasteiger partial charge in [-0.15, -0.1) is 5.10 Å². The zero-order chi connectivity index (χ0) is 14.5. The number of aliphatic carboxylic acids is 1. The predicted molar refractivity (Wildman–Crippen MR) is 79.3 cm³/mol. The van der Waals surface area contributed by atoms with Gasteiger partial charge in [0.1, 0.15) is 0 Å². The van der Waals surface area contributed by atoms with E-state index in [1.54, 1.807) is 10.7 Å². The molecule has 0 saturated heterocycles. The number of hydrogen-bond acceptors (Lipinski definition) is 3. The van der Waals surface area contributed by atoms with Gasteiger partial charge in [0.25, 0.3) is 0 Å². The van der Waals surface area contributed by atoms with Crippen LogP contribution in [0.3, 0.4) is 0 Å². The first-order chi connectivity index (χ1) is 9.56. The highest BCUT2D eigenvalue weighted by Crippen LogP contribution is 2.24. The fourth-order valence-electron chi connectivity index (χ4n) is 1.78. The molecule has 106 valence electrons. The van der Waals surface area contributed by atoms with Gasteiger partial charge in [0.05, 0.1) is 22.6 Å². The van der Waals surface area contributed by atoms with E-state index in [4.69, 9.17) is 16.7 Å². The van der Waals surface area contributed by atoms with Gasteiger partial charge in [-0.3, -0.25) is 4.79 Å². The van der Waals surface area contributed by atoms with Crippen molar-refractivity contribution < 1.29 is 9.90 Å². The van der Waals surface area contributed by atoms with Crippen LogP contribution in [-0.2, 0) is 11.2 Å². The molecule has 5 nitrogen and oxygen atoms in total. The molecule has 2 aromatic rings. The quantitative estimate of drug-likeness (QED) is 0.803. The monoisotopic (exact) mass is 357 g/mol. The summed E-state index contributed by atoms with van der Waals surface area (Å²) < 4.78 is 2.53. The first-order valence-corrected chi connectivity index (χ1v) is 7.32. The normalized spacial score (nSPS) is 10.7. The van der Waals surface area contributed by atoms with E-state index >= 15 is 0 Å². The molecule has 7 heteroatoms. The van der Waals surface area contributed by atoms with E-state index < -0.39 is 5.97 Å². The van der Waals surface area contributed by atoms with Crippen LogP contribution in [0.15, 0.2) is 28.9 Å². The molecule has 1 aromatic carbocycles. The van der Waals surface area contributed by atoms with Crippen molar-refractivity contribution in [2.24, 2.45) is 0 Å². The van der Waals surface area contributed by atoms with Crippen LogP contribution < -0.4 is 0 Å². The molecule has 1 N–H and O–H groups in total. The number of aryl methyl sites for hydroxylation is 1. The Morgan fingerprint density at radius 1 is 1.40 bits per heavy atom. The Balaban J connectivity index is 1.99. The summed E-state index contributed by atoms with van der Waals surface area (Å²) in [5, 5.41) is 17.3. The minimum Gasteiger partial charge on any atom is -0.481 e. The number of halogens is 2. The second-order valence-corrected chi connectivity index (χ2v) is 5.67. The summed E-state index contributed by atoms with van der Waals surface area (Å²) in [6.07, 6.45) is 4.13. The summed E-state index contributed by atoms with van der Waals surface area (Å²) >= 11 is 9.50. The molecule has 0 spiro atoms. The lowest BCUT2D eigenvalue weighted by Crippen LogP contribution is -1.95. The van der Waals surface area contributed by atoms with Gasteiger partial charge in [0.15, 0.2) is 0 Å². The van der Waals surface area contributed by atoms with Crippen LogP contribution >= 0.6 is 27.5 Å². The van der Waals surface area contributed by atoms with Gasteiger partial charge >= 0.3 is 5.97 Å². The lowest BCUT2D eigenvalue weighted by Gasteiger charge is -2.03. The largest absolute Gasteiger partial charge is 0.481 e. The van der Waals surface area contributed by atoms with E-state index in [2.05, 4.69) is 26.2 Å². The number of carbonyl (C=O) groups is 1. The van der Waals surface area contributed by atoms with Crippen molar-refractivity contribution in [3.8, 4) is 5.69 Å². The number of aromatic nitrogens is 3. The average molecular weight is 359 g/mol. The van der Waals surface area contributed by atoms with Gasteiger partial charge in [-0.1, -0.05) is 32.7 Å². The molecule has 1 heterocycles. The van der Waals surface area contributed by atoms with Crippen LogP contribution in [0.25, 0.3) is 5.69 Å². The molecule has 1 aromatic heterocycles. The highest BCUT2D eigenvalue weighted by atomic mass is 79.9. The maximum Gasteiger partial charge on any atom is 0.303 e. The molecule has 20 heavy (non-hydrogen) atoms. The number of carboxylic acid groups (broad SMARTS) is 1. The topological polar surface area (TPSA) is 68.0 Å². The number of benzene rings is 1. The minimum atomic E-state index is -0.768. The molecule has 0 radical (unpaired) electrons. The Hall–Kier alpha value is -1.40. The molecule has 0 fully saturated rings. The van der Waals surface area contributed by atoms with Crippen LogP contribution in [0.1, 0.15) is 25.0 Å². The molecule has 0 aliphatic heterocycles. The molecule has 0 bridgehead atoms. The standard InChI is InChI=1S/C13H13BrClN3O2/c14-9-5-6-12(11(15)7-9)18-8-10(16-17-18)3-1-2-4-13(19)20/h5-8H,1-4H2,(H,19,20). The fraction of sp³-hybridized carbons (Fsp3) is 0.308. The van der Waals surface area contributed by atoms with Gasteiger partial charge in [-0.25, -0.2) is 4.68 Å². The molecule has 2 rings (SSSR count). The molecule has 0 saturated carbocycles. The highest BCUT2D eigenvalue weighted by Gasteiger charge is 2.07. The van der Waals surface area contributed by atoms with Gasteiger partial charge in [-0.05, 0) is 37.5 Å². The van der Waals surface area contributed by atoms with Gasteiger partial charge < -0.3 is 5.11 Å². The number of nitrogens with zero attached hydrogens (tertiary/aromatic N) is 3. The summed E-state index contributed by atoms with van der Waals surface area (Å²) in [7, 11) is 0. The highest BCUT2D eigenvalue weighted by molar-refractivity contribution is 9.10. The lowest BCUT2D eigenvalue weighted by molar-refractivity contribution is -0.137. The van der Waals surface area contributed by atoms with Crippen LogP contribution in [-0.4, -0.2) is 26.1 Å². The molecular formula is C13H13BrClN3O2. The van der Waals surface area contributed by atoms with Crippen molar-refractivity contribution >= 4 is 33.5 Å². The van der Waals surface area contributed by atoms with Gasteiger partial charge in [0, 0.05) is 10.9 Å². The van der Waals surface area contributed by atoms with Crippen molar-refractivity contribution in [2.75, 3.05) is 0 Å². The van der Waals surface area contributed by atoms with E-state index in [0.717, 1.165) is 22.3 Å². The summed E-state index contributed by atoms with van der Waals surface area (Å²) in [5.41, 5.74) is 1.59. The molecule has 0 atom stereocenters. The zero-order valence-corrected chi connectivity index (χ0v) is 12.9. The van der Waals surface area contributed by atoms with E-state index in [1.165, 1.54) is 0 Å². The van der Waals surface area contributed by atoms with Crippen LogP contribution in [0.2, 0.25) is 5.02 Å². The zero-order valence-electron chi connectivity index (χ0n) is 10.6. The summed E-state index contributed by atoms with van der Waals surface area (Å²) in [6, 6.07) is 5.54. The van der Waals surface area contributed by atoms with Gasteiger partial charge in [-0.2, -0.15) is 0 Å². The van der Waals surface area contributed by atoms with Crippen molar-refractivity contribution in [3.05, 3.63) is 39.6 Å². The Morgan fingerprint density at radius 3 is 2.90 bits per heavy atom. The lowest BCUT2D eigenvalue weighted by atomic mass is 10.1. The Labute approximate surface area is 129 Å². The second kappa shape index (κ2) is 6.85. The molecule has 0 aliphatic carbocycles. The van der Waals surface area contributed by atoms with E-state index in [9.17, 15) is 4.79 Å². The predicted octanol–water partition coefficient (Wildman–Crippen LogP) is 3.48. The molecule has 0 aliphatic rings. The number of unbranched alkanes of at least 4 members (excludes halogenated alkanes) is 1. The third-order valence-corrected chi connectivity index (χ3v) is 3.57. The molecule has 0 unspecified atom stereocenters. The van der Waals surface area contributed by atoms with E-state index in [1.807, 2.05) is 18.3 Å². The third kappa shape index (κ3) is 4.05. The molecule has 0 amide bonds. The maximum atomic E-state index is 10.4. The maximum absolute atomic E-state index is 10.4. The van der Waals surface area contributed by atoms with Crippen molar-refractivity contribution in [1.82, 2.24) is 15.0 Å². The van der Waals surface area contributed by atoms with Crippen LogP contribution in [0.5, 0.6) is 0 Å². The summed E-state index contributed by atoms with van der Waals surface area (Å²) in [6.45, 7) is 0. The van der Waals surface area contributed by atoms with Gasteiger partial charge in [0.2, 0.25) is 0 Å². The first kappa shape index (κ1) is 15.0. The smallest absolute Gasteiger partial charge is 0.303 e. The number of hydrogen-bond donors (Lipinski definition) is 1. The van der Waals surface area contributed by atoms with E-state index in [0.29, 0.717) is 17.9 Å². The average Bonchev–Trinajstić information content (AvgIpc) is 2.83. The van der Waals surface area contributed by atoms with Crippen molar-refractivity contribution in [1.29, 1.82) is 0 Å². The summed E-state index contributed by atoms with van der Waals surface area (Å²) in [4.78, 5) is 10.4. The van der Waals surface area contributed by atoms with Crippen molar-refractivity contribution in [3.63, 3.8) is 0 Å². The SMILES string of the molecule is O=C(O)CCCCc1cn(-c2ccc(Br)cc2Cl)nn1. The van der Waals surface area contributed by atoms with E-state index in [-0.39, 0.29) is 6.42 Å². The first-order valence-electron chi connectivity index (χ1n) is 6.14. The van der Waals surface area contributed by atoms with Crippen LogP contribution in [0, 0.1) is 0 Å². The molecular weight excluding hydrogens is 346 g/mol. The number of rotatable bonds is 6. The van der Waals surface area contributed by atoms with Crippen LogP contribution in [0.4, 0.5) is 0 Å². The minimum absolute atomic E-state index is 0.187. The Morgan fingerprint density at radius 2 is 2.20 bits per heavy atom. The third-order valence-electron chi connectivity index (χ3n) is 2.77. The summed E-state index contributed by atoms with van der Waals surface area (Å²) in [5.74, 6) is -0.768. The van der Waals surface area contributed by atoms with Crippen molar-refractivity contribution in [2.45, 2.75) is 25.7 Å². The fourth-order valence-corrected chi connectivity index (χ4v) is 2.54.